The molecule has 2 aromatic rings. The number of esters is 1. The number of nitrogens with zero attached hydrogens (tertiary/aromatic N) is 2. The van der Waals surface area contributed by atoms with Gasteiger partial charge in [-0.25, -0.2) is 0 Å². The number of piperidine rings is 1. The molecule has 0 radical (unpaired) electrons. The van der Waals surface area contributed by atoms with E-state index < -0.39 is 0 Å². The normalized spacial score (nSPS) is 24.9. The van der Waals surface area contributed by atoms with Crippen molar-refractivity contribution < 1.29 is 14.3 Å². The van der Waals surface area contributed by atoms with Gasteiger partial charge in [-0.2, -0.15) is 0 Å². The summed E-state index contributed by atoms with van der Waals surface area (Å²) in [6, 6.07) is 13.5. The van der Waals surface area contributed by atoms with Crippen LogP contribution in [0.2, 0.25) is 10.0 Å². The summed E-state index contributed by atoms with van der Waals surface area (Å²) in [5.41, 5.74) is 2.02. The van der Waals surface area contributed by atoms with Crippen LogP contribution in [0.3, 0.4) is 0 Å². The Bertz CT molecular complexity index is 1080. The predicted molar refractivity (Wildman–Crippen MR) is 136 cm³/mol. The quantitative estimate of drug-likeness (QED) is 0.407. The lowest BCUT2D eigenvalue weighted by atomic mass is 9.58. The van der Waals surface area contributed by atoms with Gasteiger partial charge in [0.15, 0.2) is 0 Å². The second-order valence-electron chi connectivity index (χ2n) is 9.85. The summed E-state index contributed by atoms with van der Waals surface area (Å²) in [5.74, 6) is 0.846. The van der Waals surface area contributed by atoms with Gasteiger partial charge in [0.1, 0.15) is 5.75 Å². The van der Waals surface area contributed by atoms with Crippen molar-refractivity contribution in [2.45, 2.75) is 50.5 Å². The topological polar surface area (TPSA) is 49.9 Å². The molecule has 1 heterocycles. The Morgan fingerprint density at radius 3 is 2.68 bits per heavy atom. The van der Waals surface area contributed by atoms with Crippen LogP contribution in [0.1, 0.15) is 43.7 Å². The summed E-state index contributed by atoms with van der Waals surface area (Å²) in [6.45, 7) is 3.46. The Kier molecular flexibility index (Phi) is 7.56. The van der Waals surface area contributed by atoms with Gasteiger partial charge < -0.3 is 14.5 Å². The van der Waals surface area contributed by atoms with Gasteiger partial charge in [0.05, 0.1) is 16.5 Å². The van der Waals surface area contributed by atoms with Crippen LogP contribution in [0.15, 0.2) is 42.5 Å². The Morgan fingerprint density at radius 1 is 1.15 bits per heavy atom. The average Bonchev–Trinajstić information content (AvgIpc) is 2.80. The number of likely N-dealkylation sites (N-methyl/N-ethyl adjacent to an activating group) is 1. The summed E-state index contributed by atoms with van der Waals surface area (Å²) in [6.07, 6.45) is 4.25. The van der Waals surface area contributed by atoms with Crippen molar-refractivity contribution in [2.75, 3.05) is 27.2 Å². The van der Waals surface area contributed by atoms with Gasteiger partial charge in [0, 0.05) is 32.0 Å². The van der Waals surface area contributed by atoms with Crippen molar-refractivity contribution >= 4 is 35.1 Å². The third-order valence-electron chi connectivity index (χ3n) is 7.65. The van der Waals surface area contributed by atoms with Gasteiger partial charge >= 0.3 is 5.97 Å². The number of benzene rings is 2. The molecule has 0 aromatic heterocycles. The number of amides is 1. The van der Waals surface area contributed by atoms with Crippen molar-refractivity contribution in [1.29, 1.82) is 0 Å². The van der Waals surface area contributed by atoms with E-state index in [1.54, 1.807) is 12.1 Å². The molecule has 2 fully saturated rings. The van der Waals surface area contributed by atoms with Gasteiger partial charge in [-0.15, -0.1) is 0 Å². The smallest absolute Gasteiger partial charge is 0.308 e. The fourth-order valence-corrected chi connectivity index (χ4v) is 6.13. The first-order valence-electron chi connectivity index (χ1n) is 11.8. The van der Waals surface area contributed by atoms with E-state index in [9.17, 15) is 9.59 Å². The van der Waals surface area contributed by atoms with Gasteiger partial charge in [0.2, 0.25) is 5.91 Å². The highest BCUT2D eigenvalue weighted by Gasteiger charge is 2.48. The largest absolute Gasteiger partial charge is 0.427 e. The van der Waals surface area contributed by atoms with Crippen LogP contribution in [0.25, 0.3) is 0 Å². The maximum Gasteiger partial charge on any atom is 0.308 e. The van der Waals surface area contributed by atoms with E-state index in [4.69, 9.17) is 27.9 Å². The summed E-state index contributed by atoms with van der Waals surface area (Å²) in [7, 11) is 4.10. The number of fused-ring (bicyclic) bond motifs is 1. The molecule has 7 heteroatoms. The van der Waals surface area contributed by atoms with Crippen LogP contribution in [-0.2, 0) is 21.4 Å². The zero-order valence-corrected chi connectivity index (χ0v) is 21.5. The fourth-order valence-electron chi connectivity index (χ4n) is 5.81. The molecule has 3 atom stereocenters. The first-order valence-corrected chi connectivity index (χ1v) is 12.6. The summed E-state index contributed by atoms with van der Waals surface area (Å²) in [4.78, 5) is 29.1. The summed E-state index contributed by atoms with van der Waals surface area (Å²) in [5, 5.41) is 0.956. The summed E-state index contributed by atoms with van der Waals surface area (Å²) >= 11 is 12.2. The highest BCUT2D eigenvalue weighted by molar-refractivity contribution is 6.42. The molecule has 1 saturated carbocycles. The predicted octanol–water partition coefficient (Wildman–Crippen LogP) is 5.36. The molecular weight excluding hydrogens is 471 g/mol. The number of hydrogen-bond donors (Lipinski definition) is 0. The molecule has 0 spiro atoms. The first-order chi connectivity index (χ1) is 16.2. The molecule has 5 nitrogen and oxygen atoms in total. The molecule has 1 aliphatic carbocycles. The minimum atomic E-state index is -0.316. The number of likely N-dealkylation sites (tertiary alicyclic amines) is 1. The zero-order chi connectivity index (χ0) is 24.5. The molecule has 0 bridgehead atoms. The molecule has 34 heavy (non-hydrogen) atoms. The van der Waals surface area contributed by atoms with E-state index in [-0.39, 0.29) is 23.3 Å². The van der Waals surface area contributed by atoms with Crippen molar-refractivity contribution in [3.63, 3.8) is 0 Å². The molecule has 2 aliphatic rings. The number of hydrogen-bond acceptors (Lipinski definition) is 4. The molecule has 0 N–H and O–H groups in total. The third kappa shape index (κ3) is 5.27. The second-order valence-corrected chi connectivity index (χ2v) is 10.7. The Labute approximate surface area is 212 Å². The van der Waals surface area contributed by atoms with E-state index in [2.05, 4.69) is 18.0 Å². The van der Waals surface area contributed by atoms with Crippen LogP contribution in [0.4, 0.5) is 0 Å². The highest BCUT2D eigenvalue weighted by atomic mass is 35.5. The van der Waals surface area contributed by atoms with E-state index in [1.165, 1.54) is 12.5 Å². The number of carbonyl (C=O) groups is 2. The molecule has 182 valence electrons. The second kappa shape index (κ2) is 10.3. The van der Waals surface area contributed by atoms with E-state index in [1.807, 2.05) is 36.2 Å². The van der Waals surface area contributed by atoms with Crippen molar-refractivity contribution in [3.8, 4) is 5.75 Å². The molecular formula is C27H32Cl2N2O3. The Morgan fingerprint density at radius 2 is 1.94 bits per heavy atom. The van der Waals surface area contributed by atoms with Crippen LogP contribution in [0.5, 0.6) is 5.75 Å². The highest BCUT2D eigenvalue weighted by Crippen LogP contribution is 2.50. The molecule has 4 rings (SSSR count). The number of ether oxygens (including phenoxy) is 1. The zero-order valence-electron chi connectivity index (χ0n) is 20.0. The monoisotopic (exact) mass is 502 g/mol. The lowest BCUT2D eigenvalue weighted by Crippen LogP contribution is -2.55. The first kappa shape index (κ1) is 25.0. The molecule has 1 saturated heterocycles. The van der Waals surface area contributed by atoms with Gasteiger partial charge in [-0.3, -0.25) is 9.59 Å². The average molecular weight is 503 g/mol. The van der Waals surface area contributed by atoms with E-state index >= 15 is 0 Å². The summed E-state index contributed by atoms with van der Waals surface area (Å²) < 4.78 is 5.41. The lowest BCUT2D eigenvalue weighted by Gasteiger charge is -2.53. The fraction of sp³-hybridized carbons (Fsp3) is 0.481. The lowest BCUT2D eigenvalue weighted by molar-refractivity contribution is -0.133. The number of rotatable bonds is 5. The molecule has 2 aromatic carbocycles. The van der Waals surface area contributed by atoms with E-state index in [0.717, 1.165) is 44.3 Å². The van der Waals surface area contributed by atoms with Crippen molar-refractivity contribution in [2.24, 2.45) is 5.92 Å². The van der Waals surface area contributed by atoms with Gasteiger partial charge in [-0.1, -0.05) is 41.4 Å². The minimum absolute atomic E-state index is 0.0519. The number of halogens is 2. The van der Waals surface area contributed by atoms with Gasteiger partial charge in [0.25, 0.3) is 0 Å². The van der Waals surface area contributed by atoms with Crippen LogP contribution < -0.4 is 4.74 Å². The Balaban J connectivity index is 1.57. The standard InChI is InChI=1S/C27H32Cl2N2O3/c1-18(32)34-23-6-4-5-20(15-23)27-11-12-30(2)17-21(27)8-9-22(16-27)31(3)26(33)14-19-7-10-24(28)25(29)13-19/h4-7,10,13,15,21-22H,8-9,11-12,14,16-17H2,1-3H3/t21-,22-,27+/m1/s1. The van der Waals surface area contributed by atoms with Crippen LogP contribution in [0, 0.1) is 5.92 Å². The maximum absolute atomic E-state index is 13.2. The van der Waals surface area contributed by atoms with Crippen LogP contribution in [-0.4, -0.2) is 54.9 Å². The minimum Gasteiger partial charge on any atom is -0.427 e. The SMILES string of the molecule is CC(=O)Oc1cccc([C@@]23CCN(C)C[C@H]2CC[C@@H](N(C)C(=O)Cc2ccc(Cl)c(Cl)c2)C3)c1. The number of carbonyl (C=O) groups excluding carboxylic acids is 2. The van der Waals surface area contributed by atoms with Crippen LogP contribution >= 0.6 is 23.2 Å². The van der Waals surface area contributed by atoms with E-state index in [0.29, 0.717) is 28.1 Å². The maximum atomic E-state index is 13.2. The van der Waals surface area contributed by atoms with Crippen molar-refractivity contribution in [1.82, 2.24) is 9.80 Å². The van der Waals surface area contributed by atoms with Crippen molar-refractivity contribution in [3.05, 3.63) is 63.6 Å². The molecule has 0 unspecified atom stereocenters. The third-order valence-corrected chi connectivity index (χ3v) is 8.39. The molecule has 1 aliphatic heterocycles. The van der Waals surface area contributed by atoms with Gasteiger partial charge in [-0.05, 0) is 80.6 Å². The molecule has 1 amide bonds. The Hall–Kier alpha value is -2.08.